The first-order valence-electron chi connectivity index (χ1n) is 7.32. The van der Waals surface area contributed by atoms with Gasteiger partial charge < -0.3 is 9.84 Å². The normalized spacial score (nSPS) is 22.1. The van der Waals surface area contributed by atoms with Gasteiger partial charge in [-0.1, -0.05) is 11.6 Å². The zero-order chi connectivity index (χ0) is 18.1. The minimum absolute atomic E-state index is 0.109. The molecule has 1 fully saturated rings. The molecule has 2 atom stereocenters. The number of hydrogen-bond acceptors (Lipinski definition) is 5. The lowest BCUT2D eigenvalue weighted by Gasteiger charge is -2.36. The van der Waals surface area contributed by atoms with E-state index in [0.29, 0.717) is 12.8 Å². The molecule has 7 nitrogen and oxygen atoms in total. The lowest BCUT2D eigenvalue weighted by Crippen LogP contribution is -2.49. The summed E-state index contributed by atoms with van der Waals surface area (Å²) in [4.78, 5) is 22.6. The summed E-state index contributed by atoms with van der Waals surface area (Å²) in [6.07, 6.45) is 0.885. The Morgan fingerprint density at radius 1 is 1.38 bits per heavy atom. The molecule has 1 aromatic rings. The van der Waals surface area contributed by atoms with E-state index in [-0.39, 0.29) is 22.0 Å². The first kappa shape index (κ1) is 18.7. The highest BCUT2D eigenvalue weighted by molar-refractivity contribution is 7.89. The largest absolute Gasteiger partial charge is 0.481 e. The van der Waals surface area contributed by atoms with Gasteiger partial charge in [-0.2, -0.15) is 4.31 Å². The number of ether oxygens (including phenoxy) is 1. The molecular weight excluding hydrogens is 358 g/mol. The molecule has 1 N–H and O–H groups in total. The average Bonchev–Trinajstić information content (AvgIpc) is 2.53. The van der Waals surface area contributed by atoms with Gasteiger partial charge in [0.1, 0.15) is 4.90 Å². The second-order valence-electron chi connectivity index (χ2n) is 5.58. The Kier molecular flexibility index (Phi) is 5.52. The van der Waals surface area contributed by atoms with Gasteiger partial charge in [0.15, 0.2) is 0 Å². The molecular formula is C15H18ClNO6S. The van der Waals surface area contributed by atoms with Crippen LogP contribution in [0.1, 0.15) is 30.1 Å². The number of halogens is 1. The molecule has 0 spiro atoms. The maximum absolute atomic E-state index is 12.9. The van der Waals surface area contributed by atoms with Crippen LogP contribution in [-0.2, 0) is 19.6 Å². The van der Waals surface area contributed by atoms with Crippen LogP contribution in [0, 0.1) is 5.92 Å². The Balaban J connectivity index is 2.40. The van der Waals surface area contributed by atoms with Crippen molar-refractivity contribution in [1.29, 1.82) is 0 Å². The highest BCUT2D eigenvalue weighted by Gasteiger charge is 2.40. The number of esters is 1. The SMILES string of the molecule is COC(=O)c1ccc(S(=O)(=O)N2CCC[C@H](C(=O)O)[C@@H]2C)c(Cl)c1. The van der Waals surface area contributed by atoms with Crippen LogP contribution in [0.15, 0.2) is 23.1 Å². The lowest BCUT2D eigenvalue weighted by molar-refractivity contribution is -0.144. The molecule has 1 saturated heterocycles. The van der Waals surface area contributed by atoms with Crippen molar-refractivity contribution < 1.29 is 27.9 Å². The predicted octanol–water partition coefficient (Wildman–Crippen LogP) is 2.00. The van der Waals surface area contributed by atoms with E-state index in [4.69, 9.17) is 11.6 Å². The molecule has 1 aliphatic heterocycles. The molecule has 1 aromatic carbocycles. The number of carboxylic acids is 1. The number of methoxy groups -OCH3 is 1. The Labute approximate surface area is 145 Å². The highest BCUT2D eigenvalue weighted by atomic mass is 35.5. The number of carbonyl (C=O) groups is 2. The highest BCUT2D eigenvalue weighted by Crippen LogP contribution is 2.32. The van der Waals surface area contributed by atoms with Gasteiger partial charge in [-0.3, -0.25) is 4.79 Å². The number of hydrogen-bond donors (Lipinski definition) is 1. The van der Waals surface area contributed by atoms with Crippen molar-refractivity contribution in [2.45, 2.75) is 30.7 Å². The first-order valence-corrected chi connectivity index (χ1v) is 9.14. The van der Waals surface area contributed by atoms with Crippen molar-refractivity contribution in [1.82, 2.24) is 4.31 Å². The van der Waals surface area contributed by atoms with E-state index in [1.807, 2.05) is 0 Å². The summed E-state index contributed by atoms with van der Waals surface area (Å²) in [6, 6.07) is 3.09. The number of nitrogens with zero attached hydrogens (tertiary/aromatic N) is 1. The fraction of sp³-hybridized carbons (Fsp3) is 0.467. The van der Waals surface area contributed by atoms with E-state index in [0.717, 1.165) is 4.31 Å². The third-order valence-electron chi connectivity index (χ3n) is 4.19. The maximum atomic E-state index is 12.9. The fourth-order valence-electron chi connectivity index (χ4n) is 2.86. The second kappa shape index (κ2) is 7.08. The molecule has 1 aliphatic rings. The number of piperidine rings is 1. The summed E-state index contributed by atoms with van der Waals surface area (Å²) in [5.74, 6) is -2.41. The van der Waals surface area contributed by atoms with Crippen LogP contribution in [0.4, 0.5) is 0 Å². The van der Waals surface area contributed by atoms with Gasteiger partial charge in [0, 0.05) is 12.6 Å². The smallest absolute Gasteiger partial charge is 0.337 e. The quantitative estimate of drug-likeness (QED) is 0.808. The van der Waals surface area contributed by atoms with Crippen LogP contribution in [0.3, 0.4) is 0 Å². The standard InChI is InChI=1S/C15H18ClNO6S/c1-9-11(14(18)19)4-3-7-17(9)24(21,22)13-6-5-10(8-12(13)16)15(20)23-2/h5-6,8-9,11H,3-4,7H2,1-2H3,(H,18,19)/t9-,11-/m0/s1. The topological polar surface area (TPSA) is 101 Å². The Morgan fingerprint density at radius 3 is 2.58 bits per heavy atom. The van der Waals surface area contributed by atoms with Crippen molar-refractivity contribution in [3.63, 3.8) is 0 Å². The van der Waals surface area contributed by atoms with Gasteiger partial charge in [-0.15, -0.1) is 0 Å². The van der Waals surface area contributed by atoms with Crippen molar-refractivity contribution >= 4 is 33.6 Å². The predicted molar refractivity (Wildman–Crippen MR) is 86.5 cm³/mol. The summed E-state index contributed by atoms with van der Waals surface area (Å²) >= 11 is 6.05. The summed E-state index contributed by atoms with van der Waals surface area (Å²) in [7, 11) is -2.76. The van der Waals surface area contributed by atoms with Crippen LogP contribution in [0.25, 0.3) is 0 Å². The number of aliphatic carboxylic acids is 1. The monoisotopic (exact) mass is 375 g/mol. The molecule has 0 aromatic heterocycles. The van der Waals surface area contributed by atoms with Crippen molar-refractivity contribution in [3.05, 3.63) is 28.8 Å². The number of sulfonamides is 1. The summed E-state index contributed by atoms with van der Waals surface area (Å²) in [6.45, 7) is 1.80. The third kappa shape index (κ3) is 3.40. The number of rotatable bonds is 4. The molecule has 132 valence electrons. The van der Waals surface area contributed by atoms with E-state index in [2.05, 4.69) is 4.74 Å². The van der Waals surface area contributed by atoms with E-state index < -0.39 is 33.9 Å². The number of carboxylic acid groups (broad SMARTS) is 1. The van der Waals surface area contributed by atoms with E-state index in [1.54, 1.807) is 6.92 Å². The van der Waals surface area contributed by atoms with Crippen LogP contribution in [0.5, 0.6) is 0 Å². The summed E-state index contributed by atoms with van der Waals surface area (Å²) in [5, 5.41) is 9.13. The van der Waals surface area contributed by atoms with Crippen LogP contribution in [0.2, 0.25) is 5.02 Å². The van der Waals surface area contributed by atoms with Crippen LogP contribution in [-0.4, -0.2) is 49.5 Å². The number of benzene rings is 1. The van der Waals surface area contributed by atoms with Gasteiger partial charge in [0.25, 0.3) is 0 Å². The molecule has 0 saturated carbocycles. The van der Waals surface area contributed by atoms with E-state index in [1.165, 1.54) is 25.3 Å². The van der Waals surface area contributed by atoms with E-state index >= 15 is 0 Å². The molecule has 24 heavy (non-hydrogen) atoms. The van der Waals surface area contributed by atoms with Gasteiger partial charge in [0.05, 0.1) is 23.6 Å². The van der Waals surface area contributed by atoms with Gasteiger partial charge in [0.2, 0.25) is 10.0 Å². The summed E-state index contributed by atoms with van der Waals surface area (Å²) < 4.78 is 31.5. The molecule has 9 heteroatoms. The summed E-state index contributed by atoms with van der Waals surface area (Å²) in [5.41, 5.74) is 0.136. The minimum atomic E-state index is -3.97. The molecule has 1 heterocycles. The zero-order valence-electron chi connectivity index (χ0n) is 13.2. The number of carbonyl (C=O) groups excluding carboxylic acids is 1. The zero-order valence-corrected chi connectivity index (χ0v) is 14.8. The Bertz CT molecular complexity index is 763. The molecule has 0 aliphatic carbocycles. The molecule has 0 unspecified atom stereocenters. The van der Waals surface area contributed by atoms with Crippen molar-refractivity contribution in [2.24, 2.45) is 5.92 Å². The Morgan fingerprint density at radius 2 is 2.04 bits per heavy atom. The lowest BCUT2D eigenvalue weighted by atomic mass is 9.92. The van der Waals surface area contributed by atoms with Gasteiger partial charge in [-0.25, -0.2) is 13.2 Å². The first-order chi connectivity index (χ1) is 11.2. The van der Waals surface area contributed by atoms with Gasteiger partial charge in [-0.05, 0) is 38.0 Å². The third-order valence-corrected chi connectivity index (χ3v) is 6.66. The van der Waals surface area contributed by atoms with Crippen LogP contribution < -0.4 is 0 Å². The molecule has 0 radical (unpaired) electrons. The molecule has 2 rings (SSSR count). The van der Waals surface area contributed by atoms with Crippen LogP contribution >= 0.6 is 11.6 Å². The molecule has 0 bridgehead atoms. The van der Waals surface area contributed by atoms with Crippen molar-refractivity contribution in [2.75, 3.05) is 13.7 Å². The van der Waals surface area contributed by atoms with Crippen molar-refractivity contribution in [3.8, 4) is 0 Å². The fourth-order valence-corrected chi connectivity index (χ4v) is 5.09. The molecule has 0 amide bonds. The van der Waals surface area contributed by atoms with E-state index in [9.17, 15) is 23.1 Å². The maximum Gasteiger partial charge on any atom is 0.337 e. The second-order valence-corrected chi connectivity index (χ2v) is 7.85. The minimum Gasteiger partial charge on any atom is -0.481 e. The average molecular weight is 376 g/mol. The Hall–Kier alpha value is -1.64. The van der Waals surface area contributed by atoms with Gasteiger partial charge >= 0.3 is 11.9 Å².